The molecule has 1 N–H and O–H groups in total. The summed E-state index contributed by atoms with van der Waals surface area (Å²) in [6.45, 7) is 7.84. The van der Waals surface area contributed by atoms with E-state index in [4.69, 9.17) is 0 Å². The van der Waals surface area contributed by atoms with E-state index in [0.29, 0.717) is 6.04 Å². The van der Waals surface area contributed by atoms with Gasteiger partial charge in [-0.2, -0.15) is 0 Å². The molecular formula is C17H26BrNS. The molecule has 1 saturated carbocycles. The molecule has 0 aromatic heterocycles. The third-order valence-corrected chi connectivity index (χ3v) is 6.01. The lowest BCUT2D eigenvalue weighted by atomic mass is 9.91. The Morgan fingerprint density at radius 1 is 1.40 bits per heavy atom. The van der Waals surface area contributed by atoms with Gasteiger partial charge in [0.05, 0.1) is 0 Å². The zero-order chi connectivity index (χ0) is 14.5. The average molecular weight is 356 g/mol. The van der Waals surface area contributed by atoms with Gasteiger partial charge in [-0.1, -0.05) is 42.6 Å². The van der Waals surface area contributed by atoms with Crippen molar-refractivity contribution in [2.45, 2.75) is 62.6 Å². The summed E-state index contributed by atoms with van der Waals surface area (Å²) in [5, 5.41) is 4.34. The maximum atomic E-state index is 3.61. The van der Waals surface area contributed by atoms with Gasteiger partial charge >= 0.3 is 0 Å². The SMILES string of the molecule is CCNC(C)c1cc(Br)ccc1SC1CCCC(C)C1. The second-order valence-corrected chi connectivity index (χ2v) is 8.23. The van der Waals surface area contributed by atoms with Crippen LogP contribution in [0, 0.1) is 5.92 Å². The number of nitrogens with one attached hydrogen (secondary N) is 1. The van der Waals surface area contributed by atoms with Crippen molar-refractivity contribution in [1.29, 1.82) is 0 Å². The van der Waals surface area contributed by atoms with Crippen molar-refractivity contribution in [3.63, 3.8) is 0 Å². The summed E-state index contributed by atoms with van der Waals surface area (Å²) in [6.07, 6.45) is 5.56. The Labute approximate surface area is 136 Å². The van der Waals surface area contributed by atoms with E-state index < -0.39 is 0 Å². The van der Waals surface area contributed by atoms with Gasteiger partial charge in [-0.25, -0.2) is 0 Å². The highest BCUT2D eigenvalue weighted by Gasteiger charge is 2.21. The number of hydrogen-bond acceptors (Lipinski definition) is 2. The van der Waals surface area contributed by atoms with Gasteiger partial charge in [0.1, 0.15) is 0 Å². The Kier molecular flexibility index (Phi) is 6.44. The molecule has 1 nitrogen and oxygen atoms in total. The minimum absolute atomic E-state index is 0.418. The van der Waals surface area contributed by atoms with Crippen molar-refractivity contribution >= 4 is 27.7 Å². The standard InChI is InChI=1S/C17H26BrNS/c1-4-19-13(3)16-11-14(18)8-9-17(16)20-15-7-5-6-12(2)10-15/h8-9,11-13,15,19H,4-7,10H2,1-3H3. The molecule has 0 heterocycles. The van der Waals surface area contributed by atoms with E-state index in [1.54, 1.807) is 0 Å². The quantitative estimate of drug-likeness (QED) is 0.717. The van der Waals surface area contributed by atoms with Crippen LogP contribution in [0.2, 0.25) is 0 Å². The average Bonchev–Trinajstić information content (AvgIpc) is 2.41. The highest BCUT2D eigenvalue weighted by molar-refractivity contribution is 9.10. The van der Waals surface area contributed by atoms with Gasteiger partial charge in [-0.3, -0.25) is 0 Å². The number of thioether (sulfide) groups is 1. The van der Waals surface area contributed by atoms with E-state index in [9.17, 15) is 0 Å². The van der Waals surface area contributed by atoms with E-state index in [1.807, 2.05) is 0 Å². The zero-order valence-corrected chi connectivity index (χ0v) is 15.2. The van der Waals surface area contributed by atoms with Crippen LogP contribution in [0.3, 0.4) is 0 Å². The topological polar surface area (TPSA) is 12.0 Å². The first-order chi connectivity index (χ1) is 9.60. The third-order valence-electron chi connectivity index (χ3n) is 4.13. The van der Waals surface area contributed by atoms with Crippen molar-refractivity contribution < 1.29 is 0 Å². The van der Waals surface area contributed by atoms with Gasteiger partial charge in [0.25, 0.3) is 0 Å². The second-order valence-electron chi connectivity index (χ2n) is 5.97. The molecule has 1 aromatic rings. The summed E-state index contributed by atoms with van der Waals surface area (Å²) in [5.74, 6) is 0.895. The Morgan fingerprint density at radius 3 is 2.90 bits per heavy atom. The van der Waals surface area contributed by atoms with Crippen molar-refractivity contribution in [1.82, 2.24) is 5.32 Å². The fourth-order valence-electron chi connectivity index (χ4n) is 3.05. The summed E-state index contributed by atoms with van der Waals surface area (Å²) >= 11 is 5.71. The lowest BCUT2D eigenvalue weighted by molar-refractivity contribution is 0.394. The molecule has 0 amide bonds. The van der Waals surface area contributed by atoms with Crippen LogP contribution in [0.4, 0.5) is 0 Å². The van der Waals surface area contributed by atoms with Crippen LogP contribution in [-0.2, 0) is 0 Å². The predicted molar refractivity (Wildman–Crippen MR) is 93.5 cm³/mol. The Hall–Kier alpha value is 0.01000. The van der Waals surface area contributed by atoms with Gasteiger partial charge in [0.2, 0.25) is 0 Å². The Bertz CT molecular complexity index is 435. The van der Waals surface area contributed by atoms with Crippen LogP contribution in [0.5, 0.6) is 0 Å². The molecule has 112 valence electrons. The molecule has 0 bridgehead atoms. The first kappa shape index (κ1) is 16.4. The van der Waals surface area contributed by atoms with Crippen LogP contribution >= 0.6 is 27.7 Å². The molecule has 3 atom stereocenters. The molecule has 0 saturated heterocycles. The Balaban J connectivity index is 2.13. The van der Waals surface area contributed by atoms with Crippen molar-refractivity contribution in [2.75, 3.05) is 6.54 Å². The normalized spacial score (nSPS) is 24.6. The highest BCUT2D eigenvalue weighted by atomic mass is 79.9. The smallest absolute Gasteiger partial charge is 0.0303 e. The number of rotatable bonds is 5. The van der Waals surface area contributed by atoms with Crippen molar-refractivity contribution in [3.05, 3.63) is 28.2 Å². The Morgan fingerprint density at radius 2 is 2.20 bits per heavy atom. The van der Waals surface area contributed by atoms with Gasteiger partial charge in [0.15, 0.2) is 0 Å². The molecule has 0 aliphatic heterocycles. The lowest BCUT2D eigenvalue weighted by Crippen LogP contribution is -2.19. The third kappa shape index (κ3) is 4.51. The van der Waals surface area contributed by atoms with E-state index >= 15 is 0 Å². The summed E-state index contributed by atoms with van der Waals surface area (Å²) in [4.78, 5) is 1.46. The maximum Gasteiger partial charge on any atom is 0.0303 e. The van der Waals surface area contributed by atoms with Crippen LogP contribution in [-0.4, -0.2) is 11.8 Å². The van der Waals surface area contributed by atoms with Gasteiger partial charge in [0, 0.05) is 20.7 Å². The molecule has 20 heavy (non-hydrogen) atoms. The summed E-state index contributed by atoms with van der Waals surface area (Å²) in [6, 6.07) is 7.16. The maximum absolute atomic E-state index is 3.61. The minimum Gasteiger partial charge on any atom is -0.310 e. The lowest BCUT2D eigenvalue weighted by Gasteiger charge is -2.27. The monoisotopic (exact) mass is 355 g/mol. The molecule has 0 radical (unpaired) electrons. The summed E-state index contributed by atoms with van der Waals surface area (Å²) in [5.41, 5.74) is 1.43. The van der Waals surface area contributed by atoms with Gasteiger partial charge < -0.3 is 5.32 Å². The second kappa shape index (κ2) is 7.86. The van der Waals surface area contributed by atoms with Crippen LogP contribution in [0.1, 0.15) is 58.1 Å². The number of halogens is 1. The molecule has 0 spiro atoms. The fraction of sp³-hybridized carbons (Fsp3) is 0.647. The van der Waals surface area contributed by atoms with E-state index in [1.165, 1.54) is 40.6 Å². The molecule has 1 aliphatic rings. The van der Waals surface area contributed by atoms with E-state index in [0.717, 1.165) is 17.7 Å². The molecule has 3 unspecified atom stereocenters. The number of benzene rings is 1. The molecule has 1 aromatic carbocycles. The largest absolute Gasteiger partial charge is 0.310 e. The number of hydrogen-bond donors (Lipinski definition) is 1. The molecule has 1 fully saturated rings. The predicted octanol–water partition coefficient (Wildman–Crippen LogP) is 5.79. The summed E-state index contributed by atoms with van der Waals surface area (Å²) < 4.78 is 1.18. The molecular weight excluding hydrogens is 330 g/mol. The zero-order valence-electron chi connectivity index (χ0n) is 12.8. The van der Waals surface area contributed by atoms with Crippen molar-refractivity contribution in [2.24, 2.45) is 5.92 Å². The van der Waals surface area contributed by atoms with Crippen LogP contribution in [0.25, 0.3) is 0 Å². The van der Waals surface area contributed by atoms with Gasteiger partial charge in [-0.15, -0.1) is 11.8 Å². The van der Waals surface area contributed by atoms with Crippen molar-refractivity contribution in [3.8, 4) is 0 Å². The minimum atomic E-state index is 0.418. The van der Waals surface area contributed by atoms with E-state index in [-0.39, 0.29) is 0 Å². The van der Waals surface area contributed by atoms with Crippen LogP contribution < -0.4 is 5.32 Å². The highest BCUT2D eigenvalue weighted by Crippen LogP contribution is 2.39. The van der Waals surface area contributed by atoms with Crippen LogP contribution in [0.15, 0.2) is 27.6 Å². The van der Waals surface area contributed by atoms with Gasteiger partial charge in [-0.05, 0) is 56.0 Å². The first-order valence-corrected chi connectivity index (χ1v) is 9.47. The molecule has 1 aliphatic carbocycles. The summed E-state index contributed by atoms with van der Waals surface area (Å²) in [7, 11) is 0. The van der Waals surface area contributed by atoms with E-state index in [2.05, 4.69) is 72.0 Å². The molecule has 3 heteroatoms. The first-order valence-electron chi connectivity index (χ1n) is 7.79. The fourth-order valence-corrected chi connectivity index (χ4v) is 5.01. The molecule has 2 rings (SSSR count).